The van der Waals surface area contributed by atoms with Gasteiger partial charge in [0.2, 0.25) is 0 Å². The molecule has 1 N–H and O–H groups in total. The maximum absolute atomic E-state index is 5.63. The minimum Gasteiger partial charge on any atom is -0.491 e. The van der Waals surface area contributed by atoms with Crippen LogP contribution in [0.25, 0.3) is 0 Å². The fraction of sp³-hybridized carbons (Fsp3) is 0.412. The maximum Gasteiger partial charge on any atom is 0.129 e. The Labute approximate surface area is 126 Å². The van der Waals surface area contributed by atoms with E-state index in [1.165, 1.54) is 5.56 Å². The standard InChI is InChI=1S/C17H23NO3/c1-2-9-18-13-15-5-7-16(8-6-15)21-12-11-19-14-17-4-3-10-20-17/h3-8,10,18H,2,9,11-14H2,1H3. The second-order valence-corrected chi connectivity index (χ2v) is 4.80. The molecule has 1 aromatic heterocycles. The molecule has 0 spiro atoms. The number of benzene rings is 1. The van der Waals surface area contributed by atoms with Gasteiger partial charge in [0, 0.05) is 6.54 Å². The average molecular weight is 289 g/mol. The Morgan fingerprint density at radius 3 is 2.67 bits per heavy atom. The lowest BCUT2D eigenvalue weighted by molar-refractivity contribution is 0.0781. The van der Waals surface area contributed by atoms with Gasteiger partial charge in [0.25, 0.3) is 0 Å². The quantitative estimate of drug-likeness (QED) is 0.681. The molecule has 0 saturated carbocycles. The first-order chi connectivity index (χ1) is 10.4. The van der Waals surface area contributed by atoms with E-state index in [0.717, 1.165) is 31.0 Å². The number of nitrogens with one attached hydrogen (secondary N) is 1. The lowest BCUT2D eigenvalue weighted by Crippen LogP contribution is -2.13. The van der Waals surface area contributed by atoms with E-state index in [-0.39, 0.29) is 0 Å². The molecule has 0 fully saturated rings. The summed E-state index contributed by atoms with van der Waals surface area (Å²) in [5.41, 5.74) is 1.27. The summed E-state index contributed by atoms with van der Waals surface area (Å²) < 4.78 is 16.3. The first-order valence-electron chi connectivity index (χ1n) is 7.41. The number of hydrogen-bond donors (Lipinski definition) is 1. The van der Waals surface area contributed by atoms with Gasteiger partial charge in [-0.05, 0) is 42.8 Å². The molecule has 0 aliphatic rings. The normalized spacial score (nSPS) is 10.7. The molecule has 0 unspecified atom stereocenters. The second kappa shape index (κ2) is 9.21. The van der Waals surface area contributed by atoms with Crippen LogP contribution in [0.3, 0.4) is 0 Å². The van der Waals surface area contributed by atoms with Crippen molar-refractivity contribution in [3.63, 3.8) is 0 Å². The molecule has 2 aromatic rings. The molecule has 4 heteroatoms. The van der Waals surface area contributed by atoms with Gasteiger partial charge in [0.05, 0.1) is 12.9 Å². The van der Waals surface area contributed by atoms with E-state index in [1.54, 1.807) is 6.26 Å². The van der Waals surface area contributed by atoms with E-state index < -0.39 is 0 Å². The van der Waals surface area contributed by atoms with Gasteiger partial charge in [0.1, 0.15) is 24.7 Å². The number of rotatable bonds is 10. The number of ether oxygens (including phenoxy) is 2. The van der Waals surface area contributed by atoms with Crippen LogP contribution in [0.1, 0.15) is 24.7 Å². The van der Waals surface area contributed by atoms with Crippen LogP contribution in [0.2, 0.25) is 0 Å². The fourth-order valence-electron chi connectivity index (χ4n) is 1.90. The van der Waals surface area contributed by atoms with Crippen molar-refractivity contribution in [1.82, 2.24) is 5.32 Å². The van der Waals surface area contributed by atoms with Crippen molar-refractivity contribution in [1.29, 1.82) is 0 Å². The molecule has 0 amide bonds. The fourth-order valence-corrected chi connectivity index (χ4v) is 1.90. The van der Waals surface area contributed by atoms with E-state index in [9.17, 15) is 0 Å². The smallest absolute Gasteiger partial charge is 0.129 e. The summed E-state index contributed by atoms with van der Waals surface area (Å²) in [5.74, 6) is 1.70. The van der Waals surface area contributed by atoms with Gasteiger partial charge in [0.15, 0.2) is 0 Å². The Kier molecular flexibility index (Phi) is 6.84. The van der Waals surface area contributed by atoms with Crippen molar-refractivity contribution in [3.8, 4) is 5.75 Å². The summed E-state index contributed by atoms with van der Waals surface area (Å²) in [6.07, 6.45) is 2.80. The maximum atomic E-state index is 5.63. The molecule has 114 valence electrons. The van der Waals surface area contributed by atoms with Gasteiger partial charge in [-0.25, -0.2) is 0 Å². The lowest BCUT2D eigenvalue weighted by Gasteiger charge is -2.08. The van der Waals surface area contributed by atoms with Crippen LogP contribution in [0.5, 0.6) is 5.75 Å². The Morgan fingerprint density at radius 2 is 1.95 bits per heavy atom. The van der Waals surface area contributed by atoms with Gasteiger partial charge >= 0.3 is 0 Å². The molecule has 0 aliphatic heterocycles. The Bertz CT molecular complexity index is 479. The van der Waals surface area contributed by atoms with Crippen molar-refractivity contribution in [2.75, 3.05) is 19.8 Å². The van der Waals surface area contributed by atoms with Crippen LogP contribution >= 0.6 is 0 Å². The van der Waals surface area contributed by atoms with Crippen molar-refractivity contribution in [3.05, 3.63) is 54.0 Å². The predicted molar refractivity (Wildman–Crippen MR) is 82.3 cm³/mol. The molecule has 1 aromatic carbocycles. The SMILES string of the molecule is CCCNCc1ccc(OCCOCc2ccco2)cc1. The van der Waals surface area contributed by atoms with Crippen molar-refractivity contribution < 1.29 is 13.9 Å². The molecule has 4 nitrogen and oxygen atoms in total. The highest BCUT2D eigenvalue weighted by Crippen LogP contribution is 2.12. The molecule has 0 bridgehead atoms. The van der Waals surface area contributed by atoms with Crippen LogP contribution in [0, 0.1) is 0 Å². The van der Waals surface area contributed by atoms with Crippen molar-refractivity contribution in [2.45, 2.75) is 26.5 Å². The highest BCUT2D eigenvalue weighted by Gasteiger charge is 1.98. The zero-order valence-corrected chi connectivity index (χ0v) is 12.5. The molecule has 1 heterocycles. The zero-order valence-electron chi connectivity index (χ0n) is 12.5. The first-order valence-corrected chi connectivity index (χ1v) is 7.41. The Balaban J connectivity index is 1.59. The van der Waals surface area contributed by atoms with E-state index in [4.69, 9.17) is 13.9 Å². The highest BCUT2D eigenvalue weighted by atomic mass is 16.5. The second-order valence-electron chi connectivity index (χ2n) is 4.80. The first kappa shape index (κ1) is 15.6. The number of hydrogen-bond acceptors (Lipinski definition) is 4. The summed E-state index contributed by atoms with van der Waals surface area (Å²) in [6.45, 7) is 5.68. The predicted octanol–water partition coefficient (Wildman–Crippen LogP) is 3.37. The lowest BCUT2D eigenvalue weighted by atomic mass is 10.2. The zero-order chi connectivity index (χ0) is 14.8. The monoisotopic (exact) mass is 289 g/mol. The summed E-state index contributed by atoms with van der Waals surface area (Å²) in [5, 5.41) is 3.37. The molecular weight excluding hydrogens is 266 g/mol. The minimum absolute atomic E-state index is 0.485. The average Bonchev–Trinajstić information content (AvgIpc) is 3.02. The van der Waals surface area contributed by atoms with Crippen LogP contribution in [0.15, 0.2) is 47.1 Å². The van der Waals surface area contributed by atoms with Crippen molar-refractivity contribution >= 4 is 0 Å². The third-order valence-corrected chi connectivity index (χ3v) is 3.00. The summed E-state index contributed by atoms with van der Waals surface area (Å²) >= 11 is 0. The molecular formula is C17H23NO3. The van der Waals surface area contributed by atoms with Gasteiger partial charge in [-0.15, -0.1) is 0 Å². The molecule has 0 aliphatic carbocycles. The van der Waals surface area contributed by atoms with Crippen LogP contribution in [-0.4, -0.2) is 19.8 Å². The number of furan rings is 1. The topological polar surface area (TPSA) is 43.6 Å². The molecule has 0 radical (unpaired) electrons. The molecule has 2 rings (SSSR count). The van der Waals surface area contributed by atoms with Gasteiger partial charge < -0.3 is 19.2 Å². The van der Waals surface area contributed by atoms with Crippen LogP contribution < -0.4 is 10.1 Å². The van der Waals surface area contributed by atoms with E-state index in [0.29, 0.717) is 19.8 Å². The van der Waals surface area contributed by atoms with E-state index in [2.05, 4.69) is 24.4 Å². The van der Waals surface area contributed by atoms with E-state index >= 15 is 0 Å². The van der Waals surface area contributed by atoms with Gasteiger partial charge in [-0.2, -0.15) is 0 Å². The molecule has 0 saturated heterocycles. The van der Waals surface area contributed by atoms with Crippen LogP contribution in [-0.2, 0) is 17.9 Å². The van der Waals surface area contributed by atoms with Crippen molar-refractivity contribution in [2.24, 2.45) is 0 Å². The summed E-state index contributed by atoms with van der Waals surface area (Å²) in [7, 11) is 0. The summed E-state index contributed by atoms with van der Waals surface area (Å²) in [4.78, 5) is 0. The van der Waals surface area contributed by atoms with Gasteiger partial charge in [-0.3, -0.25) is 0 Å². The van der Waals surface area contributed by atoms with E-state index in [1.807, 2.05) is 24.3 Å². The van der Waals surface area contributed by atoms with Crippen LogP contribution in [0.4, 0.5) is 0 Å². The third kappa shape index (κ3) is 6.02. The minimum atomic E-state index is 0.485. The molecule has 0 atom stereocenters. The highest BCUT2D eigenvalue weighted by molar-refractivity contribution is 5.27. The Hall–Kier alpha value is -1.78. The summed E-state index contributed by atoms with van der Waals surface area (Å²) in [6, 6.07) is 11.9. The Morgan fingerprint density at radius 1 is 1.10 bits per heavy atom. The third-order valence-electron chi connectivity index (χ3n) is 3.00. The largest absolute Gasteiger partial charge is 0.491 e. The molecule has 21 heavy (non-hydrogen) atoms. The van der Waals surface area contributed by atoms with Gasteiger partial charge in [-0.1, -0.05) is 19.1 Å².